The van der Waals surface area contributed by atoms with Crippen molar-refractivity contribution in [1.29, 1.82) is 0 Å². The summed E-state index contributed by atoms with van der Waals surface area (Å²) in [6.45, 7) is 9.27. The Hall–Kier alpha value is -1.40. The monoisotopic (exact) mass is 308 g/mol. The van der Waals surface area contributed by atoms with E-state index in [4.69, 9.17) is 0 Å². The summed E-state index contributed by atoms with van der Waals surface area (Å²) < 4.78 is 0. The highest BCUT2D eigenvalue weighted by molar-refractivity contribution is 7.18. The normalized spacial score (nSPS) is 14.1. The van der Waals surface area contributed by atoms with Gasteiger partial charge in [0.15, 0.2) is 0 Å². The van der Waals surface area contributed by atoms with Crippen LogP contribution < -0.4 is 10.6 Å². The van der Waals surface area contributed by atoms with Crippen LogP contribution in [0.2, 0.25) is 0 Å². The van der Waals surface area contributed by atoms with Crippen LogP contribution in [0.15, 0.2) is 6.07 Å². The van der Waals surface area contributed by atoms with Gasteiger partial charge in [0.25, 0.3) is 0 Å². The third-order valence-electron chi connectivity index (χ3n) is 3.28. The Bertz CT molecular complexity index is 609. The van der Waals surface area contributed by atoms with E-state index in [1.54, 1.807) is 11.3 Å². The van der Waals surface area contributed by atoms with E-state index in [0.717, 1.165) is 35.4 Å². The molecule has 2 aromatic rings. The molecule has 0 aromatic carbocycles. The van der Waals surface area contributed by atoms with Gasteiger partial charge in [-0.3, -0.25) is 0 Å². The minimum Gasteiger partial charge on any atom is -0.388 e. The largest absolute Gasteiger partial charge is 0.388 e. The molecular weight excluding hydrogens is 284 g/mol. The van der Waals surface area contributed by atoms with Crippen molar-refractivity contribution < 1.29 is 5.11 Å². The van der Waals surface area contributed by atoms with Crippen molar-refractivity contribution in [3.05, 3.63) is 10.9 Å². The molecule has 0 saturated carbocycles. The maximum absolute atomic E-state index is 10.3. The fourth-order valence-corrected chi connectivity index (χ4v) is 3.19. The van der Waals surface area contributed by atoms with E-state index in [1.165, 1.54) is 4.88 Å². The lowest BCUT2D eigenvalue weighted by atomic mass is 10.0. The average molecular weight is 308 g/mol. The Balaban J connectivity index is 2.28. The Morgan fingerprint density at radius 3 is 2.71 bits per heavy atom. The number of nitrogens with zero attached hydrogens (tertiary/aromatic N) is 2. The number of aryl methyl sites for hydroxylation is 1. The zero-order valence-corrected chi connectivity index (χ0v) is 14.0. The number of aliphatic hydroxyl groups is 1. The molecule has 5 nitrogen and oxygen atoms in total. The van der Waals surface area contributed by atoms with Gasteiger partial charge in [-0.1, -0.05) is 13.3 Å². The lowest BCUT2D eigenvalue weighted by Crippen LogP contribution is -2.33. The SMILES string of the molecule is CCCC(C)(O)CNc1nc(NCC)nc2sc(C)cc12. The van der Waals surface area contributed by atoms with Crippen LogP contribution in [0.3, 0.4) is 0 Å². The van der Waals surface area contributed by atoms with E-state index in [0.29, 0.717) is 12.5 Å². The summed E-state index contributed by atoms with van der Waals surface area (Å²) in [6.07, 6.45) is 1.71. The van der Waals surface area contributed by atoms with Crippen LogP contribution in [0.1, 0.15) is 38.5 Å². The molecule has 1 unspecified atom stereocenters. The molecule has 0 aliphatic carbocycles. The van der Waals surface area contributed by atoms with E-state index in [2.05, 4.69) is 40.5 Å². The molecule has 0 amide bonds. The number of rotatable bonds is 7. The Labute approximate surface area is 129 Å². The first kappa shape index (κ1) is 16.0. The van der Waals surface area contributed by atoms with Crippen LogP contribution in [0.5, 0.6) is 0 Å². The summed E-state index contributed by atoms with van der Waals surface area (Å²) in [5, 5.41) is 17.8. The lowest BCUT2D eigenvalue weighted by molar-refractivity contribution is 0.0636. The van der Waals surface area contributed by atoms with Gasteiger partial charge in [0, 0.05) is 18.0 Å². The van der Waals surface area contributed by atoms with Crippen LogP contribution in [0.25, 0.3) is 10.2 Å². The molecular formula is C15H24N4OS. The number of thiophene rings is 1. The van der Waals surface area contributed by atoms with Crippen molar-refractivity contribution >= 4 is 33.3 Å². The van der Waals surface area contributed by atoms with E-state index in [1.807, 2.05) is 13.8 Å². The molecule has 0 radical (unpaired) electrons. The molecule has 0 aliphatic rings. The maximum Gasteiger partial charge on any atom is 0.226 e. The predicted octanol–water partition coefficient (Wildman–Crippen LogP) is 3.39. The summed E-state index contributed by atoms with van der Waals surface area (Å²) in [6, 6.07) is 2.09. The van der Waals surface area contributed by atoms with Crippen molar-refractivity contribution in [2.45, 2.75) is 46.1 Å². The molecule has 3 N–H and O–H groups in total. The smallest absolute Gasteiger partial charge is 0.226 e. The quantitative estimate of drug-likeness (QED) is 0.731. The summed E-state index contributed by atoms with van der Waals surface area (Å²) in [7, 11) is 0. The van der Waals surface area contributed by atoms with Crippen LogP contribution in [0, 0.1) is 6.92 Å². The number of nitrogens with one attached hydrogen (secondary N) is 2. The van der Waals surface area contributed by atoms with E-state index < -0.39 is 5.60 Å². The third-order valence-corrected chi connectivity index (χ3v) is 4.22. The number of aromatic nitrogens is 2. The van der Waals surface area contributed by atoms with Crippen molar-refractivity contribution in [1.82, 2.24) is 9.97 Å². The first-order valence-electron chi connectivity index (χ1n) is 7.43. The second kappa shape index (κ2) is 6.58. The fourth-order valence-electron chi connectivity index (χ4n) is 2.31. The first-order valence-corrected chi connectivity index (χ1v) is 8.25. The van der Waals surface area contributed by atoms with Crippen molar-refractivity contribution in [3.63, 3.8) is 0 Å². The highest BCUT2D eigenvalue weighted by Gasteiger charge is 2.20. The van der Waals surface area contributed by atoms with Crippen LogP contribution in [0.4, 0.5) is 11.8 Å². The Morgan fingerprint density at radius 1 is 1.29 bits per heavy atom. The van der Waals surface area contributed by atoms with E-state index in [-0.39, 0.29) is 0 Å². The standard InChI is InChI=1S/C15H24N4OS/c1-5-7-15(4,20)9-17-12-11-8-10(3)21-13(11)19-14(18-12)16-6-2/h8,20H,5-7,9H2,1-4H3,(H2,16,17,18,19). The number of hydrogen-bond acceptors (Lipinski definition) is 6. The zero-order chi connectivity index (χ0) is 15.5. The molecule has 0 aliphatic heterocycles. The number of fused-ring (bicyclic) bond motifs is 1. The topological polar surface area (TPSA) is 70.1 Å². The second-order valence-corrected chi connectivity index (χ2v) is 6.84. The van der Waals surface area contributed by atoms with Gasteiger partial charge in [-0.05, 0) is 33.3 Å². The number of hydrogen-bond donors (Lipinski definition) is 3. The van der Waals surface area contributed by atoms with Crippen molar-refractivity contribution in [3.8, 4) is 0 Å². The van der Waals surface area contributed by atoms with E-state index in [9.17, 15) is 5.11 Å². The summed E-state index contributed by atoms with van der Waals surface area (Å²) >= 11 is 1.66. The molecule has 2 heterocycles. The second-order valence-electron chi connectivity index (χ2n) is 5.60. The van der Waals surface area contributed by atoms with Gasteiger partial charge >= 0.3 is 0 Å². The molecule has 2 rings (SSSR count). The van der Waals surface area contributed by atoms with Crippen LogP contribution in [-0.4, -0.2) is 33.8 Å². The van der Waals surface area contributed by atoms with Gasteiger partial charge in [-0.25, -0.2) is 4.98 Å². The zero-order valence-electron chi connectivity index (χ0n) is 13.2. The van der Waals surface area contributed by atoms with E-state index >= 15 is 0 Å². The van der Waals surface area contributed by atoms with Crippen LogP contribution in [-0.2, 0) is 0 Å². The van der Waals surface area contributed by atoms with Gasteiger partial charge in [-0.2, -0.15) is 4.98 Å². The Kier molecular flexibility index (Phi) is 5.00. The Morgan fingerprint density at radius 2 is 2.05 bits per heavy atom. The molecule has 6 heteroatoms. The molecule has 0 bridgehead atoms. The molecule has 2 aromatic heterocycles. The van der Waals surface area contributed by atoms with Gasteiger partial charge in [0.05, 0.1) is 11.0 Å². The summed E-state index contributed by atoms with van der Waals surface area (Å²) in [5.41, 5.74) is -0.727. The lowest BCUT2D eigenvalue weighted by Gasteiger charge is -2.23. The minimum atomic E-state index is -0.727. The maximum atomic E-state index is 10.3. The molecule has 0 fully saturated rings. The van der Waals surface area contributed by atoms with Crippen molar-refractivity contribution in [2.24, 2.45) is 0 Å². The molecule has 0 spiro atoms. The summed E-state index contributed by atoms with van der Waals surface area (Å²) in [4.78, 5) is 11.2. The third kappa shape index (κ3) is 4.04. The van der Waals surface area contributed by atoms with Gasteiger partial charge < -0.3 is 15.7 Å². The molecule has 1 atom stereocenters. The number of anilines is 2. The highest BCUT2D eigenvalue weighted by atomic mass is 32.1. The van der Waals surface area contributed by atoms with Gasteiger partial charge in [0.1, 0.15) is 10.6 Å². The fraction of sp³-hybridized carbons (Fsp3) is 0.600. The molecule has 21 heavy (non-hydrogen) atoms. The van der Waals surface area contributed by atoms with Gasteiger partial charge in [-0.15, -0.1) is 11.3 Å². The average Bonchev–Trinajstić information content (AvgIpc) is 2.77. The minimum absolute atomic E-state index is 0.480. The summed E-state index contributed by atoms with van der Waals surface area (Å²) in [5.74, 6) is 1.42. The molecule has 116 valence electrons. The van der Waals surface area contributed by atoms with Gasteiger partial charge in [0.2, 0.25) is 5.95 Å². The molecule has 0 saturated heterocycles. The van der Waals surface area contributed by atoms with Crippen molar-refractivity contribution in [2.75, 3.05) is 23.7 Å². The van der Waals surface area contributed by atoms with Crippen LogP contribution >= 0.6 is 11.3 Å². The predicted molar refractivity (Wildman–Crippen MR) is 90.3 cm³/mol. The highest BCUT2D eigenvalue weighted by Crippen LogP contribution is 2.30. The first-order chi connectivity index (χ1) is 9.95.